The van der Waals surface area contributed by atoms with Crippen LogP contribution in [0.4, 0.5) is 10.5 Å². The number of benzene rings is 1. The highest BCUT2D eigenvalue weighted by Crippen LogP contribution is 2.43. The molecule has 6 heteroatoms. The molecule has 3 heterocycles. The number of halogens is 1. The van der Waals surface area contributed by atoms with Gasteiger partial charge in [0.25, 0.3) is 0 Å². The van der Waals surface area contributed by atoms with Crippen molar-refractivity contribution in [2.24, 2.45) is 0 Å². The number of nitrogens with one attached hydrogen (secondary N) is 1. The zero-order chi connectivity index (χ0) is 20.0. The van der Waals surface area contributed by atoms with Crippen LogP contribution in [0.3, 0.4) is 0 Å². The van der Waals surface area contributed by atoms with E-state index in [1.807, 2.05) is 40.5 Å². The van der Waals surface area contributed by atoms with Gasteiger partial charge in [-0.1, -0.05) is 19.1 Å². The molecule has 0 fully saturated rings. The van der Waals surface area contributed by atoms with E-state index in [1.165, 1.54) is 46.0 Å². The van der Waals surface area contributed by atoms with Crippen molar-refractivity contribution in [2.75, 3.05) is 5.32 Å². The highest BCUT2D eigenvalue weighted by atomic mass is 79.9. The number of aromatic nitrogens is 1. The fourth-order valence-corrected chi connectivity index (χ4v) is 6.45. The summed E-state index contributed by atoms with van der Waals surface area (Å²) in [6.07, 6.45) is 7.86. The molecule has 2 amide bonds. The molecular weight excluding hydrogens is 446 g/mol. The number of rotatable bonds is 2. The lowest BCUT2D eigenvalue weighted by Gasteiger charge is -2.30. The molecule has 0 unspecified atom stereocenters. The molecule has 1 aliphatic carbocycles. The summed E-state index contributed by atoms with van der Waals surface area (Å²) in [6.45, 7) is 2.83. The molecule has 150 valence electrons. The van der Waals surface area contributed by atoms with Gasteiger partial charge in [0.05, 0.1) is 18.3 Å². The summed E-state index contributed by atoms with van der Waals surface area (Å²) in [5.41, 5.74) is 4.85. The van der Waals surface area contributed by atoms with Crippen LogP contribution in [0.2, 0.25) is 0 Å². The van der Waals surface area contributed by atoms with E-state index in [0.717, 1.165) is 23.0 Å². The Morgan fingerprint density at radius 2 is 2.00 bits per heavy atom. The molecule has 4 nitrogen and oxygen atoms in total. The van der Waals surface area contributed by atoms with Crippen LogP contribution in [-0.4, -0.2) is 15.5 Å². The van der Waals surface area contributed by atoms with Crippen molar-refractivity contribution in [2.45, 2.75) is 51.6 Å². The molecule has 0 bridgehead atoms. The topological polar surface area (TPSA) is 37.3 Å². The van der Waals surface area contributed by atoms with Crippen LogP contribution in [0.5, 0.6) is 0 Å². The van der Waals surface area contributed by atoms with Gasteiger partial charge in [-0.05, 0) is 77.9 Å². The molecule has 1 N–H and O–H groups in total. The zero-order valence-electron chi connectivity index (χ0n) is 16.5. The number of anilines is 1. The van der Waals surface area contributed by atoms with Crippen LogP contribution in [-0.2, 0) is 19.4 Å². The number of carbonyl (C=O) groups is 1. The molecular formula is C23H24BrN3OS. The number of fused-ring (bicyclic) bond motifs is 5. The van der Waals surface area contributed by atoms with Crippen molar-refractivity contribution in [3.05, 3.63) is 68.8 Å². The third-order valence-corrected chi connectivity index (χ3v) is 8.09. The van der Waals surface area contributed by atoms with Crippen molar-refractivity contribution in [3.63, 3.8) is 0 Å². The predicted octanol–water partition coefficient (Wildman–Crippen LogP) is 6.68. The van der Waals surface area contributed by atoms with Gasteiger partial charge < -0.3 is 14.8 Å². The summed E-state index contributed by atoms with van der Waals surface area (Å²) in [5, 5.41) is 4.44. The van der Waals surface area contributed by atoms with E-state index in [-0.39, 0.29) is 12.1 Å². The summed E-state index contributed by atoms with van der Waals surface area (Å²) in [6, 6.07) is 12.1. The minimum Gasteiger partial charge on any atom is -0.312 e. The number of nitrogens with zero attached hydrogens (tertiary/aromatic N) is 2. The normalized spacial score (nSPS) is 17.9. The maximum atomic E-state index is 13.5. The average molecular weight is 470 g/mol. The number of urea groups is 1. The van der Waals surface area contributed by atoms with E-state index in [1.54, 1.807) is 0 Å². The third kappa shape index (κ3) is 3.22. The Labute approximate surface area is 183 Å². The van der Waals surface area contributed by atoms with Gasteiger partial charge in [-0.25, -0.2) is 4.79 Å². The Hall–Kier alpha value is -2.05. The van der Waals surface area contributed by atoms with Crippen molar-refractivity contribution >= 4 is 39.0 Å². The number of aryl methyl sites for hydroxylation is 1. The first-order valence-corrected chi connectivity index (χ1v) is 11.9. The van der Waals surface area contributed by atoms with E-state index in [9.17, 15) is 4.79 Å². The van der Waals surface area contributed by atoms with Gasteiger partial charge in [0.1, 0.15) is 5.00 Å². The van der Waals surface area contributed by atoms with Crippen molar-refractivity contribution in [1.29, 1.82) is 0 Å². The van der Waals surface area contributed by atoms with E-state index < -0.39 is 0 Å². The maximum absolute atomic E-state index is 13.5. The first-order valence-electron chi connectivity index (χ1n) is 10.3. The molecule has 1 aliphatic heterocycles. The summed E-state index contributed by atoms with van der Waals surface area (Å²) in [7, 11) is 0. The Kier molecular flexibility index (Phi) is 5.00. The number of hydrogen-bond acceptors (Lipinski definition) is 2. The lowest BCUT2D eigenvalue weighted by molar-refractivity contribution is 0.181. The van der Waals surface area contributed by atoms with Crippen LogP contribution >= 0.6 is 27.3 Å². The van der Waals surface area contributed by atoms with Gasteiger partial charge >= 0.3 is 6.03 Å². The van der Waals surface area contributed by atoms with Crippen molar-refractivity contribution < 1.29 is 4.79 Å². The highest BCUT2D eigenvalue weighted by molar-refractivity contribution is 9.10. The molecule has 29 heavy (non-hydrogen) atoms. The Bertz CT molecular complexity index is 1070. The second kappa shape index (κ2) is 7.65. The zero-order valence-corrected chi connectivity index (χ0v) is 18.9. The maximum Gasteiger partial charge on any atom is 0.322 e. The molecule has 2 aliphatic rings. The summed E-state index contributed by atoms with van der Waals surface area (Å²) in [4.78, 5) is 17.0. The second-order valence-electron chi connectivity index (χ2n) is 7.76. The molecule has 0 spiro atoms. The second-order valence-corrected chi connectivity index (χ2v) is 9.70. The number of thiophene rings is 1. The highest BCUT2D eigenvalue weighted by Gasteiger charge is 2.34. The van der Waals surface area contributed by atoms with Crippen LogP contribution in [0.25, 0.3) is 5.00 Å². The summed E-state index contributed by atoms with van der Waals surface area (Å²) < 4.78 is 3.23. The number of amides is 2. The van der Waals surface area contributed by atoms with E-state index >= 15 is 0 Å². The van der Waals surface area contributed by atoms with Gasteiger partial charge in [-0.15, -0.1) is 11.3 Å². The first kappa shape index (κ1) is 18.9. The lowest BCUT2D eigenvalue weighted by atomic mass is 9.95. The average Bonchev–Trinajstić information content (AvgIpc) is 3.32. The molecule has 1 atom stereocenters. The van der Waals surface area contributed by atoms with Gasteiger partial charge in [0, 0.05) is 26.8 Å². The largest absolute Gasteiger partial charge is 0.322 e. The van der Waals surface area contributed by atoms with Gasteiger partial charge in [0.2, 0.25) is 0 Å². The Balaban J connectivity index is 1.58. The minimum absolute atomic E-state index is 0.0416. The van der Waals surface area contributed by atoms with Crippen molar-refractivity contribution in [3.8, 4) is 5.00 Å². The van der Waals surface area contributed by atoms with Crippen LogP contribution in [0, 0.1) is 0 Å². The van der Waals surface area contributed by atoms with E-state index in [2.05, 4.69) is 51.1 Å². The van der Waals surface area contributed by atoms with Crippen molar-refractivity contribution in [1.82, 2.24) is 9.47 Å². The number of hydrogen-bond donors (Lipinski definition) is 1. The monoisotopic (exact) mass is 469 g/mol. The lowest BCUT2D eigenvalue weighted by Crippen LogP contribution is -2.37. The fourth-order valence-electron chi connectivity index (χ4n) is 4.66. The Morgan fingerprint density at radius 1 is 1.17 bits per heavy atom. The van der Waals surface area contributed by atoms with Gasteiger partial charge in [0.15, 0.2) is 0 Å². The minimum atomic E-state index is -0.0416. The van der Waals surface area contributed by atoms with Crippen LogP contribution < -0.4 is 5.32 Å². The van der Waals surface area contributed by atoms with Gasteiger partial charge in [-0.2, -0.15) is 0 Å². The summed E-state index contributed by atoms with van der Waals surface area (Å²) in [5.74, 6) is 0. The molecule has 0 saturated heterocycles. The smallest absolute Gasteiger partial charge is 0.312 e. The third-order valence-electron chi connectivity index (χ3n) is 6.07. The quantitative estimate of drug-likeness (QED) is 0.446. The van der Waals surface area contributed by atoms with E-state index in [0.29, 0.717) is 6.54 Å². The fraction of sp³-hybridized carbons (Fsp3) is 0.348. The molecule has 0 radical (unpaired) electrons. The van der Waals surface area contributed by atoms with E-state index in [4.69, 9.17) is 0 Å². The molecule has 1 aromatic carbocycles. The predicted molar refractivity (Wildman–Crippen MR) is 122 cm³/mol. The molecule has 2 aromatic heterocycles. The number of carbonyl (C=O) groups excluding carboxylic acids is 1. The van der Waals surface area contributed by atoms with Crippen LogP contribution in [0.1, 0.15) is 53.9 Å². The Morgan fingerprint density at radius 3 is 2.83 bits per heavy atom. The molecule has 0 saturated carbocycles. The molecule has 3 aromatic rings. The first-order chi connectivity index (χ1) is 14.2. The summed E-state index contributed by atoms with van der Waals surface area (Å²) >= 11 is 5.48. The van der Waals surface area contributed by atoms with Crippen LogP contribution in [0.15, 0.2) is 47.1 Å². The number of para-hydroxylation sites is 1. The molecule has 5 rings (SSSR count). The standard InChI is InChI=1S/C23H24BrN3OS/c1-2-19-20-11-7-13-26(20)22-16(15-8-3-6-12-21(15)29-22)14-27(19)23(28)25-18-10-5-4-9-17(18)24/h4-5,7,9-11,13,19H,2-3,6,8,12,14H2,1H3,(H,25,28)/t19-/m0/s1. The SMILES string of the molecule is CC[C@H]1c2cccn2-c2sc3c(c2CN1C(=O)Nc1ccccc1Br)CCCC3. The van der Waals surface area contributed by atoms with Gasteiger partial charge in [-0.3, -0.25) is 0 Å².